The molecule has 0 aliphatic heterocycles. The Morgan fingerprint density at radius 2 is 0.692 bits per heavy atom. The molecule has 0 radical (unpaired) electrons. The molecule has 3 rings (SSSR count). The van der Waals surface area contributed by atoms with Crippen molar-refractivity contribution in [1.82, 2.24) is 0 Å². The lowest BCUT2D eigenvalue weighted by Gasteiger charge is -2.19. The van der Waals surface area contributed by atoms with Gasteiger partial charge in [-0.2, -0.15) is 10.5 Å². The Hall–Kier alpha value is -4.60. The predicted octanol–water partition coefficient (Wildman–Crippen LogP) is 7.18. The van der Waals surface area contributed by atoms with E-state index in [1.54, 1.807) is 0 Å². The first-order valence-corrected chi connectivity index (χ1v) is 9.55. The normalized spacial score (nSPS) is 11.8. The SMILES string of the molecule is N#CCc1c(F)c(F)c(/C(=C(\C#N)c2c(F)c(F)c(F)c(F)c2F)c2c(F)c(F)c(F)c(F)c2F)c(F)c1F. The van der Waals surface area contributed by atoms with Crippen molar-refractivity contribution in [2.75, 3.05) is 0 Å². The van der Waals surface area contributed by atoms with E-state index in [2.05, 4.69) is 0 Å². The van der Waals surface area contributed by atoms with Crippen LogP contribution in [0.1, 0.15) is 22.3 Å². The van der Waals surface area contributed by atoms with Crippen LogP contribution in [-0.4, -0.2) is 0 Å². The standard InChI is InChI=1S/C23H2F14N2/c24-10-4(1-2-38)11(25)15(29)8(14(10)28)6(9-16(30)20(34)23(37)21(35)17(9)31)5(3-39)7-12(26)18(32)22(36)19(33)13(7)27/h1H2/b6-5-. The number of rotatable bonds is 4. The van der Waals surface area contributed by atoms with E-state index < -0.39 is 121 Å². The molecule has 0 atom stereocenters. The molecule has 0 unspecified atom stereocenters. The van der Waals surface area contributed by atoms with Gasteiger partial charge in [0.25, 0.3) is 0 Å². The van der Waals surface area contributed by atoms with Gasteiger partial charge >= 0.3 is 0 Å². The highest BCUT2D eigenvalue weighted by Crippen LogP contribution is 2.43. The van der Waals surface area contributed by atoms with E-state index in [4.69, 9.17) is 5.26 Å². The average molecular weight is 572 g/mol. The van der Waals surface area contributed by atoms with Crippen LogP contribution in [0, 0.1) is 104 Å². The highest BCUT2D eigenvalue weighted by molar-refractivity contribution is 6.04. The second-order valence-electron chi connectivity index (χ2n) is 7.20. The summed E-state index contributed by atoms with van der Waals surface area (Å²) in [7, 11) is 0. The Morgan fingerprint density at radius 1 is 0.410 bits per heavy atom. The second-order valence-corrected chi connectivity index (χ2v) is 7.20. The van der Waals surface area contributed by atoms with Crippen LogP contribution in [0.5, 0.6) is 0 Å². The van der Waals surface area contributed by atoms with Crippen molar-refractivity contribution < 1.29 is 61.5 Å². The van der Waals surface area contributed by atoms with Gasteiger partial charge in [0, 0.05) is 11.1 Å². The summed E-state index contributed by atoms with van der Waals surface area (Å²) < 4.78 is 200. The Kier molecular flexibility index (Phi) is 7.63. The van der Waals surface area contributed by atoms with Gasteiger partial charge in [0.15, 0.2) is 69.8 Å². The summed E-state index contributed by atoms with van der Waals surface area (Å²) in [5.74, 6) is -40.3. The van der Waals surface area contributed by atoms with Gasteiger partial charge in [0.1, 0.15) is 6.07 Å². The van der Waals surface area contributed by atoms with Gasteiger partial charge in [-0.3, -0.25) is 0 Å². The summed E-state index contributed by atoms with van der Waals surface area (Å²) in [5.41, 5.74) is -14.4. The lowest BCUT2D eigenvalue weighted by Crippen LogP contribution is -2.15. The predicted molar refractivity (Wildman–Crippen MR) is 99.6 cm³/mol. The zero-order chi connectivity index (χ0) is 29.7. The first kappa shape index (κ1) is 29.0. The van der Waals surface area contributed by atoms with Crippen LogP contribution in [0.4, 0.5) is 61.5 Å². The van der Waals surface area contributed by atoms with Gasteiger partial charge in [-0.05, 0) is 0 Å². The minimum absolute atomic E-state index is 0.553. The molecule has 202 valence electrons. The third-order valence-electron chi connectivity index (χ3n) is 5.14. The van der Waals surface area contributed by atoms with Crippen LogP contribution in [0.2, 0.25) is 0 Å². The average Bonchev–Trinajstić information content (AvgIpc) is 2.91. The number of nitriles is 2. The van der Waals surface area contributed by atoms with Crippen LogP contribution >= 0.6 is 0 Å². The van der Waals surface area contributed by atoms with Gasteiger partial charge in [0.2, 0.25) is 11.6 Å². The lowest BCUT2D eigenvalue weighted by atomic mass is 9.87. The first-order chi connectivity index (χ1) is 18.1. The third kappa shape index (κ3) is 4.21. The van der Waals surface area contributed by atoms with Crippen LogP contribution in [0.15, 0.2) is 0 Å². The number of hydrogen-bond acceptors (Lipinski definition) is 2. The van der Waals surface area contributed by atoms with E-state index in [1.165, 1.54) is 0 Å². The minimum atomic E-state index is -3.02. The Morgan fingerprint density at radius 3 is 1.00 bits per heavy atom. The maximum absolute atomic E-state index is 15.0. The maximum Gasteiger partial charge on any atom is 0.200 e. The highest BCUT2D eigenvalue weighted by Gasteiger charge is 2.38. The van der Waals surface area contributed by atoms with Crippen molar-refractivity contribution in [3.05, 3.63) is 104 Å². The van der Waals surface area contributed by atoms with E-state index in [-0.39, 0.29) is 0 Å². The molecule has 0 N–H and O–H groups in total. The molecule has 16 heteroatoms. The van der Waals surface area contributed by atoms with E-state index in [0.29, 0.717) is 6.07 Å². The van der Waals surface area contributed by atoms with Crippen molar-refractivity contribution in [3.63, 3.8) is 0 Å². The van der Waals surface area contributed by atoms with Crippen LogP contribution in [0.25, 0.3) is 11.1 Å². The molecule has 3 aromatic carbocycles. The van der Waals surface area contributed by atoms with Gasteiger partial charge in [-0.15, -0.1) is 0 Å². The number of nitrogens with zero attached hydrogens (tertiary/aromatic N) is 2. The third-order valence-corrected chi connectivity index (χ3v) is 5.14. The fraction of sp³-hybridized carbons (Fsp3) is 0.0435. The summed E-state index contributed by atoms with van der Waals surface area (Å²) in [4.78, 5) is 0. The number of hydrogen-bond donors (Lipinski definition) is 0. The topological polar surface area (TPSA) is 47.6 Å². The molecule has 0 aromatic heterocycles. The fourth-order valence-corrected chi connectivity index (χ4v) is 3.39. The van der Waals surface area contributed by atoms with Gasteiger partial charge < -0.3 is 0 Å². The molecule has 0 spiro atoms. The van der Waals surface area contributed by atoms with E-state index in [1.807, 2.05) is 0 Å². The molecule has 0 aliphatic rings. The molecular formula is C23H2F14N2. The zero-order valence-electron chi connectivity index (χ0n) is 17.9. The van der Waals surface area contributed by atoms with Crippen molar-refractivity contribution >= 4 is 11.1 Å². The summed E-state index contributed by atoms with van der Waals surface area (Å²) in [5, 5.41) is 18.0. The molecule has 0 fully saturated rings. The fourth-order valence-electron chi connectivity index (χ4n) is 3.39. The van der Waals surface area contributed by atoms with Gasteiger partial charge in [-0.1, -0.05) is 0 Å². The molecule has 39 heavy (non-hydrogen) atoms. The lowest BCUT2D eigenvalue weighted by molar-refractivity contribution is 0.375. The molecular weight excluding hydrogens is 570 g/mol. The van der Waals surface area contributed by atoms with E-state index in [9.17, 15) is 57.9 Å². The van der Waals surface area contributed by atoms with E-state index in [0.717, 1.165) is 6.07 Å². The molecule has 0 aliphatic carbocycles. The molecule has 0 saturated heterocycles. The smallest absolute Gasteiger partial charge is 0.200 e. The van der Waals surface area contributed by atoms with Crippen molar-refractivity contribution in [1.29, 1.82) is 10.5 Å². The van der Waals surface area contributed by atoms with Crippen molar-refractivity contribution in [2.45, 2.75) is 6.42 Å². The second kappa shape index (κ2) is 10.3. The van der Waals surface area contributed by atoms with Crippen LogP contribution < -0.4 is 0 Å². The maximum atomic E-state index is 15.0. The van der Waals surface area contributed by atoms with Gasteiger partial charge in [0.05, 0.1) is 34.8 Å². The molecule has 0 saturated carbocycles. The molecule has 0 bridgehead atoms. The quantitative estimate of drug-likeness (QED) is 0.109. The molecule has 3 aromatic rings. The Bertz CT molecular complexity index is 1610. The zero-order valence-corrected chi connectivity index (χ0v) is 17.9. The monoisotopic (exact) mass is 572 g/mol. The van der Waals surface area contributed by atoms with Gasteiger partial charge in [-0.25, -0.2) is 61.5 Å². The minimum Gasteiger partial charge on any atom is -0.203 e. The number of allylic oxidation sites excluding steroid dienone is 1. The van der Waals surface area contributed by atoms with E-state index >= 15 is 8.78 Å². The molecule has 2 nitrogen and oxygen atoms in total. The van der Waals surface area contributed by atoms with Crippen LogP contribution in [0.3, 0.4) is 0 Å². The Labute approximate surface area is 206 Å². The number of benzene rings is 3. The first-order valence-electron chi connectivity index (χ1n) is 9.55. The largest absolute Gasteiger partial charge is 0.203 e. The van der Waals surface area contributed by atoms with Crippen molar-refractivity contribution in [3.8, 4) is 12.1 Å². The van der Waals surface area contributed by atoms with Crippen molar-refractivity contribution in [2.24, 2.45) is 0 Å². The van der Waals surface area contributed by atoms with Crippen LogP contribution in [-0.2, 0) is 6.42 Å². The summed E-state index contributed by atoms with van der Waals surface area (Å²) in [6.45, 7) is 0. The summed E-state index contributed by atoms with van der Waals surface area (Å²) in [6, 6.07) is 1.63. The number of halogens is 14. The summed E-state index contributed by atoms with van der Waals surface area (Å²) in [6.07, 6.45) is -1.42. The molecule has 0 heterocycles. The highest BCUT2D eigenvalue weighted by atomic mass is 19.2. The molecule has 0 amide bonds. The summed E-state index contributed by atoms with van der Waals surface area (Å²) >= 11 is 0. The Balaban J connectivity index is 2.80.